The van der Waals surface area contributed by atoms with Crippen LogP contribution < -0.4 is 10.6 Å². The van der Waals surface area contributed by atoms with Gasteiger partial charge < -0.3 is 10.6 Å². The van der Waals surface area contributed by atoms with Gasteiger partial charge in [0.1, 0.15) is 5.82 Å². The fraction of sp³-hybridized carbons (Fsp3) is 0.385. The lowest BCUT2D eigenvalue weighted by Crippen LogP contribution is -2.25. The van der Waals surface area contributed by atoms with Crippen LogP contribution in [0.1, 0.15) is 23.7 Å². The van der Waals surface area contributed by atoms with Gasteiger partial charge in [-0.25, -0.2) is 4.98 Å². The van der Waals surface area contributed by atoms with Gasteiger partial charge in [0, 0.05) is 32.0 Å². The summed E-state index contributed by atoms with van der Waals surface area (Å²) >= 11 is 6.01. The maximum absolute atomic E-state index is 12.1. The molecule has 0 aliphatic heterocycles. The second kappa shape index (κ2) is 7.58. The zero-order chi connectivity index (χ0) is 15.1. The maximum Gasteiger partial charge on any atom is 0.252 e. The van der Waals surface area contributed by atoms with Gasteiger partial charge in [-0.3, -0.25) is 9.48 Å². The van der Waals surface area contributed by atoms with Crippen molar-refractivity contribution in [3.63, 3.8) is 0 Å². The fourth-order valence-corrected chi connectivity index (χ4v) is 1.97. The lowest BCUT2D eigenvalue weighted by Gasteiger charge is -2.09. The average Bonchev–Trinajstić information content (AvgIpc) is 2.99. The molecule has 0 bridgehead atoms. The second-order valence-electron chi connectivity index (χ2n) is 4.36. The van der Waals surface area contributed by atoms with Crippen LogP contribution in [0, 0.1) is 0 Å². The first-order valence-corrected chi connectivity index (χ1v) is 7.10. The van der Waals surface area contributed by atoms with Crippen LogP contribution >= 0.6 is 11.6 Å². The zero-order valence-corrected chi connectivity index (χ0v) is 12.5. The summed E-state index contributed by atoms with van der Waals surface area (Å²) in [4.78, 5) is 16.2. The van der Waals surface area contributed by atoms with E-state index in [-0.39, 0.29) is 5.91 Å². The van der Waals surface area contributed by atoms with Crippen LogP contribution in [0.2, 0.25) is 5.02 Å². The molecule has 21 heavy (non-hydrogen) atoms. The van der Waals surface area contributed by atoms with E-state index in [9.17, 15) is 4.79 Å². The van der Waals surface area contributed by atoms with Gasteiger partial charge in [-0.1, -0.05) is 16.8 Å². The third-order valence-corrected chi connectivity index (χ3v) is 3.08. The van der Waals surface area contributed by atoms with E-state index in [0.717, 1.165) is 13.0 Å². The van der Waals surface area contributed by atoms with Crippen LogP contribution in [0.4, 0.5) is 5.82 Å². The van der Waals surface area contributed by atoms with Crippen LogP contribution in [0.5, 0.6) is 0 Å². The highest BCUT2D eigenvalue weighted by Crippen LogP contribution is 2.17. The second-order valence-corrected chi connectivity index (χ2v) is 4.76. The predicted octanol–water partition coefficient (Wildman–Crippen LogP) is 1.58. The number of hydrogen-bond donors (Lipinski definition) is 2. The number of halogens is 1. The van der Waals surface area contributed by atoms with Gasteiger partial charge in [-0.05, 0) is 19.4 Å². The summed E-state index contributed by atoms with van der Waals surface area (Å²) in [7, 11) is 0. The molecule has 0 aliphatic rings. The number of nitrogens with zero attached hydrogens (tertiary/aromatic N) is 4. The Bertz CT molecular complexity index is 586. The van der Waals surface area contributed by atoms with Gasteiger partial charge in [0.15, 0.2) is 0 Å². The van der Waals surface area contributed by atoms with Crippen molar-refractivity contribution in [2.24, 2.45) is 0 Å². The monoisotopic (exact) mass is 308 g/mol. The van der Waals surface area contributed by atoms with Crippen molar-refractivity contribution >= 4 is 23.3 Å². The molecule has 0 radical (unpaired) electrons. The molecule has 2 heterocycles. The highest BCUT2D eigenvalue weighted by atomic mass is 35.5. The average molecular weight is 309 g/mol. The first-order chi connectivity index (χ1) is 10.2. The molecule has 0 aromatic carbocycles. The number of hydrogen-bond acceptors (Lipinski definition) is 5. The molecule has 2 N–H and O–H groups in total. The van der Waals surface area contributed by atoms with E-state index in [1.165, 1.54) is 6.20 Å². The number of rotatable bonds is 7. The Morgan fingerprint density at radius 3 is 3.05 bits per heavy atom. The predicted molar refractivity (Wildman–Crippen MR) is 80.4 cm³/mol. The van der Waals surface area contributed by atoms with Gasteiger partial charge in [-0.15, -0.1) is 5.10 Å². The third-order valence-electron chi connectivity index (χ3n) is 2.78. The largest absolute Gasteiger partial charge is 0.370 e. The molecule has 112 valence electrons. The molecule has 0 saturated carbocycles. The molecule has 1 amide bonds. The van der Waals surface area contributed by atoms with Crippen LogP contribution in [0.3, 0.4) is 0 Å². The van der Waals surface area contributed by atoms with Crippen molar-refractivity contribution in [1.29, 1.82) is 0 Å². The van der Waals surface area contributed by atoms with Crippen LogP contribution in [-0.4, -0.2) is 39.0 Å². The van der Waals surface area contributed by atoms with Gasteiger partial charge in [0.25, 0.3) is 5.91 Å². The Morgan fingerprint density at radius 1 is 1.48 bits per heavy atom. The number of aromatic nitrogens is 4. The normalized spacial score (nSPS) is 10.4. The smallest absolute Gasteiger partial charge is 0.252 e. The summed E-state index contributed by atoms with van der Waals surface area (Å²) in [5.41, 5.74) is 0.420. The van der Waals surface area contributed by atoms with Crippen molar-refractivity contribution in [2.75, 3.05) is 18.4 Å². The summed E-state index contributed by atoms with van der Waals surface area (Å²) in [6, 6.07) is 1.65. The van der Waals surface area contributed by atoms with Crippen LogP contribution in [-0.2, 0) is 6.54 Å². The summed E-state index contributed by atoms with van der Waals surface area (Å²) in [5, 5.41) is 13.8. The number of carbonyl (C=O) groups excluding carboxylic acids is 1. The van der Waals surface area contributed by atoms with Crippen molar-refractivity contribution in [3.05, 3.63) is 35.2 Å². The van der Waals surface area contributed by atoms with E-state index in [0.29, 0.717) is 29.5 Å². The van der Waals surface area contributed by atoms with Gasteiger partial charge in [0.2, 0.25) is 0 Å². The fourth-order valence-electron chi connectivity index (χ4n) is 1.78. The minimum absolute atomic E-state index is 0.208. The van der Waals surface area contributed by atoms with Crippen molar-refractivity contribution in [3.8, 4) is 0 Å². The Balaban J connectivity index is 1.86. The quantitative estimate of drug-likeness (QED) is 0.759. The van der Waals surface area contributed by atoms with Crippen molar-refractivity contribution in [1.82, 2.24) is 25.3 Å². The topological polar surface area (TPSA) is 84.7 Å². The summed E-state index contributed by atoms with van der Waals surface area (Å²) < 4.78 is 1.72. The highest BCUT2D eigenvalue weighted by Gasteiger charge is 2.11. The molecule has 8 heteroatoms. The molecule has 2 aromatic heterocycles. The van der Waals surface area contributed by atoms with E-state index in [4.69, 9.17) is 11.6 Å². The molecular formula is C13H17ClN6O. The molecule has 2 rings (SSSR count). The summed E-state index contributed by atoms with van der Waals surface area (Å²) in [6.45, 7) is 3.93. The minimum Gasteiger partial charge on any atom is -0.370 e. The zero-order valence-electron chi connectivity index (χ0n) is 11.7. The third kappa shape index (κ3) is 4.42. The maximum atomic E-state index is 12.1. The minimum atomic E-state index is -0.208. The first kappa shape index (κ1) is 15.2. The van der Waals surface area contributed by atoms with E-state index in [1.54, 1.807) is 23.1 Å². The Morgan fingerprint density at radius 2 is 2.33 bits per heavy atom. The molecule has 7 nitrogen and oxygen atoms in total. The number of amides is 1. The lowest BCUT2D eigenvalue weighted by molar-refractivity contribution is 0.0952. The highest BCUT2D eigenvalue weighted by molar-refractivity contribution is 6.33. The molecule has 0 fully saturated rings. The molecule has 0 aliphatic carbocycles. The van der Waals surface area contributed by atoms with Crippen molar-refractivity contribution < 1.29 is 4.79 Å². The molecule has 0 atom stereocenters. The van der Waals surface area contributed by atoms with Crippen LogP contribution in [0.15, 0.2) is 24.7 Å². The van der Waals surface area contributed by atoms with Gasteiger partial charge >= 0.3 is 0 Å². The first-order valence-electron chi connectivity index (χ1n) is 6.72. The van der Waals surface area contributed by atoms with Gasteiger partial charge in [-0.2, -0.15) is 0 Å². The van der Waals surface area contributed by atoms with E-state index in [2.05, 4.69) is 25.9 Å². The molecular weight excluding hydrogens is 292 g/mol. The Kier molecular flexibility index (Phi) is 5.51. The molecule has 0 spiro atoms. The van der Waals surface area contributed by atoms with Crippen LogP contribution in [0.25, 0.3) is 0 Å². The Hall–Kier alpha value is -2.15. The molecule has 0 unspecified atom stereocenters. The van der Waals surface area contributed by atoms with Gasteiger partial charge in [0.05, 0.1) is 16.8 Å². The Labute approximate surface area is 127 Å². The SMILES string of the molecule is CCNc1cc(C(=O)NCCCn2ccnn2)c(Cl)cn1. The summed E-state index contributed by atoms with van der Waals surface area (Å²) in [6.07, 6.45) is 5.64. The lowest BCUT2D eigenvalue weighted by atomic mass is 10.2. The van der Waals surface area contributed by atoms with Crippen molar-refractivity contribution in [2.45, 2.75) is 19.9 Å². The van der Waals surface area contributed by atoms with E-state index >= 15 is 0 Å². The molecule has 0 saturated heterocycles. The molecule has 2 aromatic rings. The van der Waals surface area contributed by atoms with E-state index in [1.807, 2.05) is 6.92 Å². The number of pyridine rings is 1. The van der Waals surface area contributed by atoms with E-state index < -0.39 is 0 Å². The number of carbonyl (C=O) groups is 1. The number of anilines is 1. The summed E-state index contributed by atoms with van der Waals surface area (Å²) in [5.74, 6) is 0.426. The standard InChI is InChI=1S/C13H17ClN6O/c1-2-15-12-8-10(11(14)9-17-12)13(21)16-4-3-6-20-7-5-18-19-20/h5,7-9H,2-4,6H2,1H3,(H,15,17)(H,16,21). The number of aryl methyl sites for hydroxylation is 1. The number of nitrogens with one attached hydrogen (secondary N) is 2.